The van der Waals surface area contributed by atoms with Gasteiger partial charge in [-0.05, 0) is 45.6 Å². The van der Waals surface area contributed by atoms with Crippen LogP contribution in [0, 0.1) is 5.92 Å². The smallest absolute Gasteiger partial charge is 0.408 e. The van der Waals surface area contributed by atoms with Crippen LogP contribution in [-0.4, -0.2) is 58.1 Å². The Morgan fingerprint density at radius 2 is 1.83 bits per heavy atom. The van der Waals surface area contributed by atoms with Crippen LogP contribution in [0.5, 0.6) is 5.75 Å². The molecule has 2 rings (SSSR count). The summed E-state index contributed by atoms with van der Waals surface area (Å²) >= 11 is 0. The van der Waals surface area contributed by atoms with Gasteiger partial charge in [0.15, 0.2) is 0 Å². The van der Waals surface area contributed by atoms with E-state index in [-0.39, 0.29) is 23.3 Å². The summed E-state index contributed by atoms with van der Waals surface area (Å²) in [5, 5.41) is 15.9. The third-order valence-corrected chi connectivity index (χ3v) is 5.91. The Labute approximate surface area is 212 Å². The highest BCUT2D eigenvalue weighted by Gasteiger charge is 2.48. The summed E-state index contributed by atoms with van der Waals surface area (Å²) in [5.41, 5.74) is 4.83. The van der Waals surface area contributed by atoms with Gasteiger partial charge in [-0.25, -0.2) is 4.79 Å². The van der Waals surface area contributed by atoms with Crippen LogP contribution in [0.3, 0.4) is 0 Å². The maximum absolute atomic E-state index is 13.9. The Hall–Kier alpha value is -3.30. The highest BCUT2D eigenvalue weighted by molar-refractivity contribution is 5.95. The largest absolute Gasteiger partial charge is 0.508 e. The summed E-state index contributed by atoms with van der Waals surface area (Å²) in [6.07, 6.45) is 1.97. The molecular weight excluding hydrogens is 464 g/mol. The predicted octanol–water partition coefficient (Wildman–Crippen LogP) is 2.75. The normalized spacial score (nSPS) is 18.5. The van der Waals surface area contributed by atoms with E-state index in [1.54, 1.807) is 39.0 Å². The first kappa shape index (κ1) is 28.9. The van der Waals surface area contributed by atoms with E-state index in [2.05, 4.69) is 17.6 Å². The summed E-state index contributed by atoms with van der Waals surface area (Å²) in [4.78, 5) is 53.1. The third kappa shape index (κ3) is 8.42. The summed E-state index contributed by atoms with van der Waals surface area (Å²) in [6, 6.07) is 3.51. The number of phenolic OH excluding ortho intramolecular Hbond substituents is 1. The molecular formula is C26H40N4O6. The Morgan fingerprint density at radius 1 is 1.19 bits per heavy atom. The first-order valence-corrected chi connectivity index (χ1v) is 12.5. The molecule has 1 aromatic rings. The van der Waals surface area contributed by atoms with Crippen molar-refractivity contribution in [2.45, 2.75) is 90.4 Å². The van der Waals surface area contributed by atoms with E-state index < -0.39 is 47.9 Å². The fourth-order valence-corrected chi connectivity index (χ4v) is 4.02. The van der Waals surface area contributed by atoms with Crippen molar-refractivity contribution in [3.8, 4) is 5.75 Å². The molecule has 0 radical (unpaired) electrons. The molecule has 0 saturated heterocycles. The average molecular weight is 505 g/mol. The fourth-order valence-electron chi connectivity index (χ4n) is 4.02. The van der Waals surface area contributed by atoms with Gasteiger partial charge in [0.1, 0.15) is 23.4 Å². The molecule has 4 unspecified atom stereocenters. The van der Waals surface area contributed by atoms with Crippen molar-refractivity contribution in [2.24, 2.45) is 11.7 Å². The molecule has 1 aliphatic carbocycles. The lowest BCUT2D eigenvalue weighted by Crippen LogP contribution is -2.55. The summed E-state index contributed by atoms with van der Waals surface area (Å²) < 4.78 is 5.27. The molecule has 1 aliphatic rings. The molecule has 0 aliphatic heterocycles. The van der Waals surface area contributed by atoms with Crippen LogP contribution in [0.2, 0.25) is 0 Å². The van der Waals surface area contributed by atoms with Crippen molar-refractivity contribution < 1.29 is 29.0 Å². The Balaban J connectivity index is 2.45. The molecule has 200 valence electrons. The van der Waals surface area contributed by atoms with Gasteiger partial charge in [0, 0.05) is 18.2 Å². The molecule has 36 heavy (non-hydrogen) atoms. The number of aromatic hydroxyl groups is 1. The summed E-state index contributed by atoms with van der Waals surface area (Å²) in [7, 11) is 0. The number of para-hydroxylation sites is 1. The minimum Gasteiger partial charge on any atom is -0.508 e. The molecule has 0 bridgehead atoms. The number of unbranched alkanes of at least 4 members (excludes halogenated alkanes) is 2. The zero-order valence-corrected chi connectivity index (χ0v) is 21.9. The molecule has 1 saturated carbocycles. The predicted molar refractivity (Wildman–Crippen MR) is 135 cm³/mol. The topological polar surface area (TPSA) is 151 Å². The van der Waals surface area contributed by atoms with Crippen LogP contribution in [0.15, 0.2) is 24.3 Å². The second kappa shape index (κ2) is 12.6. The summed E-state index contributed by atoms with van der Waals surface area (Å²) in [6.45, 7) is 9.43. The number of amides is 4. The Kier molecular flexibility index (Phi) is 10.1. The van der Waals surface area contributed by atoms with Crippen molar-refractivity contribution in [1.29, 1.82) is 0 Å². The number of nitrogens with two attached hydrogens (primary N) is 1. The van der Waals surface area contributed by atoms with Crippen molar-refractivity contribution in [3.05, 3.63) is 29.8 Å². The number of hydrogen-bond donors (Lipinski definition) is 4. The van der Waals surface area contributed by atoms with E-state index in [1.807, 2.05) is 6.92 Å². The van der Waals surface area contributed by atoms with Gasteiger partial charge < -0.3 is 31.1 Å². The molecule has 0 heterocycles. The second-order valence-electron chi connectivity index (χ2n) is 10.4. The number of nitrogens with one attached hydrogen (secondary N) is 2. The standard InChI is InChI=1S/C26H40N4O6/c1-6-7-10-13-28-23(33)22(17-11-8-9-12-20(17)31)30(19-14-16(19)2)24(34)18(15-21(27)32)29-25(35)36-26(3,4)5/h8-9,11-12,16,18-19,22,31H,6-7,10,13-15H2,1-5H3,(H2,27,32)(H,28,33)(H,29,35). The van der Waals surface area contributed by atoms with Crippen LogP contribution < -0.4 is 16.4 Å². The van der Waals surface area contributed by atoms with Gasteiger partial charge in [-0.2, -0.15) is 0 Å². The lowest BCUT2D eigenvalue weighted by atomic mass is 10.0. The van der Waals surface area contributed by atoms with Gasteiger partial charge in [-0.15, -0.1) is 0 Å². The molecule has 4 amide bonds. The number of ether oxygens (including phenoxy) is 1. The summed E-state index contributed by atoms with van der Waals surface area (Å²) in [5.74, 6) is -1.94. The van der Waals surface area contributed by atoms with Crippen LogP contribution in [0.25, 0.3) is 0 Å². The van der Waals surface area contributed by atoms with Crippen LogP contribution in [0.1, 0.15) is 78.3 Å². The number of primary amides is 1. The van der Waals surface area contributed by atoms with Crippen molar-refractivity contribution in [2.75, 3.05) is 6.54 Å². The zero-order chi connectivity index (χ0) is 27.0. The van der Waals surface area contributed by atoms with Gasteiger partial charge in [-0.3, -0.25) is 14.4 Å². The van der Waals surface area contributed by atoms with Gasteiger partial charge in [-0.1, -0.05) is 44.9 Å². The van der Waals surface area contributed by atoms with Gasteiger partial charge in [0.25, 0.3) is 0 Å². The van der Waals surface area contributed by atoms with Crippen molar-refractivity contribution >= 4 is 23.8 Å². The highest BCUT2D eigenvalue weighted by atomic mass is 16.6. The minimum atomic E-state index is -1.34. The minimum absolute atomic E-state index is 0.0888. The van der Waals surface area contributed by atoms with Crippen LogP contribution in [0.4, 0.5) is 4.79 Å². The highest BCUT2D eigenvalue weighted by Crippen LogP contribution is 2.42. The number of carbonyl (C=O) groups excluding carboxylic acids is 4. The van der Waals surface area contributed by atoms with Gasteiger partial charge in [0.2, 0.25) is 17.7 Å². The second-order valence-corrected chi connectivity index (χ2v) is 10.4. The molecule has 0 spiro atoms. The molecule has 5 N–H and O–H groups in total. The zero-order valence-electron chi connectivity index (χ0n) is 21.9. The molecule has 1 fully saturated rings. The lowest BCUT2D eigenvalue weighted by Gasteiger charge is -2.35. The number of hydrogen-bond acceptors (Lipinski definition) is 6. The third-order valence-electron chi connectivity index (χ3n) is 5.91. The van der Waals surface area contributed by atoms with Gasteiger partial charge >= 0.3 is 6.09 Å². The SMILES string of the molecule is CCCCCNC(=O)C(c1ccccc1O)N(C(=O)C(CC(N)=O)NC(=O)OC(C)(C)C)C1CC1C. The Bertz CT molecular complexity index is 945. The molecule has 4 atom stereocenters. The van der Waals surface area contributed by atoms with E-state index in [0.29, 0.717) is 13.0 Å². The number of rotatable bonds is 12. The van der Waals surface area contributed by atoms with Crippen LogP contribution in [-0.2, 0) is 19.1 Å². The van der Waals surface area contributed by atoms with E-state index in [9.17, 15) is 24.3 Å². The maximum atomic E-state index is 13.9. The molecule has 1 aromatic carbocycles. The molecule has 10 heteroatoms. The fraction of sp³-hybridized carbons (Fsp3) is 0.615. The quantitative estimate of drug-likeness (QED) is 0.321. The van der Waals surface area contributed by atoms with E-state index in [4.69, 9.17) is 10.5 Å². The van der Waals surface area contributed by atoms with E-state index >= 15 is 0 Å². The van der Waals surface area contributed by atoms with Gasteiger partial charge in [0.05, 0.1) is 6.42 Å². The lowest BCUT2D eigenvalue weighted by molar-refractivity contribution is -0.144. The van der Waals surface area contributed by atoms with E-state index in [1.165, 1.54) is 11.0 Å². The van der Waals surface area contributed by atoms with E-state index in [0.717, 1.165) is 19.3 Å². The first-order valence-electron chi connectivity index (χ1n) is 12.5. The Morgan fingerprint density at radius 3 is 2.36 bits per heavy atom. The number of nitrogens with zero attached hydrogens (tertiary/aromatic N) is 1. The average Bonchev–Trinajstić information content (AvgIpc) is 3.48. The monoisotopic (exact) mass is 504 g/mol. The van der Waals surface area contributed by atoms with Crippen molar-refractivity contribution in [1.82, 2.24) is 15.5 Å². The number of carbonyl (C=O) groups is 4. The maximum Gasteiger partial charge on any atom is 0.408 e. The first-order chi connectivity index (χ1) is 16.9. The van der Waals surface area contributed by atoms with Crippen molar-refractivity contribution in [3.63, 3.8) is 0 Å². The number of phenols is 1. The number of benzene rings is 1. The molecule has 0 aromatic heterocycles. The number of alkyl carbamates (subject to hydrolysis) is 1. The molecule has 10 nitrogen and oxygen atoms in total. The van der Waals surface area contributed by atoms with Crippen LogP contribution >= 0.6 is 0 Å².